The molecule has 178 valence electrons. The molecule has 9 nitrogen and oxygen atoms in total. The van der Waals surface area contributed by atoms with Gasteiger partial charge >= 0.3 is 5.97 Å². The molecule has 0 atom stereocenters. The Labute approximate surface area is 194 Å². The number of nitrogens with one attached hydrogen (secondary N) is 1. The lowest BCUT2D eigenvalue weighted by Crippen LogP contribution is -2.30. The maximum Gasteiger partial charge on any atom is 0.337 e. The summed E-state index contributed by atoms with van der Waals surface area (Å²) in [5, 5.41) is 5.30. The minimum absolute atomic E-state index is 0.0153. The number of carbonyl (C=O) groups is 1. The van der Waals surface area contributed by atoms with Crippen molar-refractivity contribution in [2.75, 3.05) is 29.8 Å². The van der Waals surface area contributed by atoms with E-state index in [0.29, 0.717) is 11.3 Å². The van der Waals surface area contributed by atoms with Crippen LogP contribution in [0.5, 0.6) is 0 Å². The molecular formula is C22H27N3O6S2. The molecule has 3 N–H and O–H groups in total. The summed E-state index contributed by atoms with van der Waals surface area (Å²) in [6.45, 7) is 1.46. The number of anilines is 2. The van der Waals surface area contributed by atoms with Gasteiger partial charge in [0.15, 0.2) is 0 Å². The largest absolute Gasteiger partial charge is 0.465 e. The van der Waals surface area contributed by atoms with Crippen molar-refractivity contribution < 1.29 is 26.4 Å². The number of nitrogens with two attached hydrogens (primary N) is 1. The lowest BCUT2D eigenvalue weighted by molar-refractivity contribution is 0.0600. The van der Waals surface area contributed by atoms with Gasteiger partial charge in [0.1, 0.15) is 0 Å². The fourth-order valence-electron chi connectivity index (χ4n) is 4.13. The number of carbonyl (C=O) groups excluding carboxylic acids is 1. The van der Waals surface area contributed by atoms with Gasteiger partial charge in [-0.05, 0) is 73.9 Å². The Morgan fingerprint density at radius 2 is 1.73 bits per heavy atom. The summed E-state index contributed by atoms with van der Waals surface area (Å²) < 4.78 is 58.3. The summed E-state index contributed by atoms with van der Waals surface area (Å²) in [7, 11) is -6.97. The van der Waals surface area contributed by atoms with Crippen LogP contribution in [0.2, 0.25) is 0 Å². The van der Waals surface area contributed by atoms with Gasteiger partial charge in [-0.1, -0.05) is 6.07 Å². The van der Waals surface area contributed by atoms with Crippen LogP contribution in [0.3, 0.4) is 0 Å². The van der Waals surface area contributed by atoms with Crippen molar-refractivity contribution in [2.45, 2.75) is 47.8 Å². The maximum atomic E-state index is 13.6. The molecule has 11 heteroatoms. The van der Waals surface area contributed by atoms with Gasteiger partial charge in [-0.25, -0.2) is 26.8 Å². The summed E-state index contributed by atoms with van der Waals surface area (Å²) in [5.74, 6) is -0.542. The fraction of sp³-hybridized carbons (Fsp3) is 0.409. The molecule has 0 amide bonds. The summed E-state index contributed by atoms with van der Waals surface area (Å²) in [5.41, 5.74) is 1.46. The molecule has 2 aromatic carbocycles. The molecule has 0 bridgehead atoms. The van der Waals surface area contributed by atoms with Crippen molar-refractivity contribution in [3.05, 3.63) is 47.5 Å². The van der Waals surface area contributed by atoms with Gasteiger partial charge in [-0.15, -0.1) is 0 Å². The monoisotopic (exact) mass is 493 g/mol. The van der Waals surface area contributed by atoms with Crippen LogP contribution < -0.4 is 14.8 Å². The Hall–Kier alpha value is -2.63. The number of hydrogen-bond acceptors (Lipinski definition) is 7. The third kappa shape index (κ3) is 5.15. The zero-order valence-electron chi connectivity index (χ0n) is 18.3. The number of piperidine rings is 1. The molecule has 0 unspecified atom stereocenters. The first-order valence-electron chi connectivity index (χ1n) is 10.8. The Balaban J connectivity index is 1.79. The van der Waals surface area contributed by atoms with Crippen molar-refractivity contribution in [1.82, 2.24) is 0 Å². The highest BCUT2D eigenvalue weighted by molar-refractivity contribution is 7.92. The van der Waals surface area contributed by atoms with E-state index in [2.05, 4.69) is 4.72 Å². The second-order valence-corrected chi connectivity index (χ2v) is 11.6. The average Bonchev–Trinajstić information content (AvgIpc) is 3.63. The predicted molar refractivity (Wildman–Crippen MR) is 124 cm³/mol. The first-order chi connectivity index (χ1) is 15.6. The number of rotatable bonds is 7. The van der Waals surface area contributed by atoms with Crippen LogP contribution in [0, 0.1) is 0 Å². The standard InChI is InChI=1S/C22H27N3O6S2/c1-31-22(26)16-7-9-18(15-5-6-15)21(13-16)33(29,30)24-19-14-17(32(23,27)28)8-10-20(19)25-11-3-2-4-12-25/h7-10,13-15,24H,2-6,11-12H2,1H3,(H2,23,27,28). The Kier molecular flexibility index (Phi) is 6.39. The predicted octanol–water partition coefficient (Wildman–Crippen LogP) is 2.79. The van der Waals surface area contributed by atoms with E-state index in [1.807, 2.05) is 4.90 Å². The number of esters is 1. The molecule has 1 aliphatic carbocycles. The van der Waals surface area contributed by atoms with Gasteiger partial charge in [0.25, 0.3) is 10.0 Å². The number of benzene rings is 2. The molecule has 0 spiro atoms. The van der Waals surface area contributed by atoms with Crippen LogP contribution in [-0.2, 0) is 24.8 Å². The lowest BCUT2D eigenvalue weighted by atomic mass is 10.1. The van der Waals surface area contributed by atoms with Gasteiger partial charge in [0, 0.05) is 13.1 Å². The van der Waals surface area contributed by atoms with Gasteiger partial charge in [0.05, 0.1) is 33.8 Å². The molecule has 4 rings (SSSR count). The summed E-state index contributed by atoms with van der Waals surface area (Å²) >= 11 is 0. The van der Waals surface area contributed by atoms with E-state index in [1.165, 1.54) is 25.3 Å². The zero-order chi connectivity index (χ0) is 23.8. The van der Waals surface area contributed by atoms with Crippen molar-refractivity contribution in [1.29, 1.82) is 0 Å². The molecule has 0 aromatic heterocycles. The number of primary sulfonamides is 1. The number of ether oxygens (including phenoxy) is 1. The van der Waals surface area contributed by atoms with E-state index in [9.17, 15) is 21.6 Å². The van der Waals surface area contributed by atoms with Gasteiger partial charge in [-0.2, -0.15) is 0 Å². The molecule has 33 heavy (non-hydrogen) atoms. The summed E-state index contributed by atoms with van der Waals surface area (Å²) in [6.07, 6.45) is 4.71. The number of sulfonamides is 2. The second-order valence-electron chi connectivity index (χ2n) is 8.40. The maximum absolute atomic E-state index is 13.6. The fourth-order valence-corrected chi connectivity index (χ4v) is 6.06. The van der Waals surface area contributed by atoms with Gasteiger partial charge in [-0.3, -0.25) is 4.72 Å². The number of nitrogens with zero attached hydrogens (tertiary/aromatic N) is 1. The Morgan fingerprint density at radius 3 is 2.33 bits per heavy atom. The van der Waals surface area contributed by atoms with Crippen LogP contribution >= 0.6 is 0 Å². The smallest absolute Gasteiger partial charge is 0.337 e. The molecular weight excluding hydrogens is 466 g/mol. The highest BCUT2D eigenvalue weighted by Crippen LogP contribution is 2.44. The van der Waals surface area contributed by atoms with Gasteiger partial charge < -0.3 is 9.64 Å². The van der Waals surface area contributed by atoms with E-state index in [4.69, 9.17) is 9.88 Å². The second kappa shape index (κ2) is 8.96. The number of methoxy groups -OCH3 is 1. The molecule has 1 saturated carbocycles. The quantitative estimate of drug-likeness (QED) is 0.566. The van der Waals surface area contributed by atoms with Crippen molar-refractivity contribution in [2.24, 2.45) is 5.14 Å². The molecule has 1 aliphatic heterocycles. The number of hydrogen-bond donors (Lipinski definition) is 2. The van der Waals surface area contributed by atoms with Crippen molar-refractivity contribution >= 4 is 37.4 Å². The van der Waals surface area contributed by atoms with Gasteiger partial charge in [0.2, 0.25) is 10.0 Å². The van der Waals surface area contributed by atoms with Crippen LogP contribution in [0.1, 0.15) is 53.9 Å². The minimum atomic E-state index is -4.16. The zero-order valence-corrected chi connectivity index (χ0v) is 19.9. The summed E-state index contributed by atoms with van der Waals surface area (Å²) in [4.78, 5) is 13.9. The Bertz CT molecular complexity index is 1280. The highest BCUT2D eigenvalue weighted by Gasteiger charge is 2.32. The first-order valence-corrected chi connectivity index (χ1v) is 13.8. The van der Waals surface area contributed by atoms with E-state index in [0.717, 1.165) is 45.2 Å². The van der Waals surface area contributed by atoms with E-state index in [1.54, 1.807) is 18.2 Å². The van der Waals surface area contributed by atoms with Crippen LogP contribution in [-0.4, -0.2) is 43.0 Å². The molecule has 2 aromatic rings. The molecule has 1 heterocycles. The minimum Gasteiger partial charge on any atom is -0.465 e. The average molecular weight is 494 g/mol. The SMILES string of the molecule is COC(=O)c1ccc(C2CC2)c(S(=O)(=O)Nc2cc(S(N)(=O)=O)ccc2N2CCCCC2)c1. The van der Waals surface area contributed by atoms with Crippen LogP contribution in [0.15, 0.2) is 46.2 Å². The highest BCUT2D eigenvalue weighted by atomic mass is 32.2. The summed E-state index contributed by atoms with van der Waals surface area (Å²) in [6, 6.07) is 8.72. The molecule has 1 saturated heterocycles. The first kappa shape index (κ1) is 23.5. The van der Waals surface area contributed by atoms with E-state index < -0.39 is 26.0 Å². The third-order valence-electron chi connectivity index (χ3n) is 5.98. The molecule has 2 aliphatic rings. The van der Waals surface area contributed by atoms with Crippen molar-refractivity contribution in [3.63, 3.8) is 0 Å². The van der Waals surface area contributed by atoms with E-state index in [-0.39, 0.29) is 27.0 Å². The van der Waals surface area contributed by atoms with Crippen LogP contribution in [0.25, 0.3) is 0 Å². The van der Waals surface area contributed by atoms with Crippen molar-refractivity contribution in [3.8, 4) is 0 Å². The topological polar surface area (TPSA) is 136 Å². The Morgan fingerprint density at radius 1 is 1.03 bits per heavy atom. The normalized spacial score (nSPS) is 17.0. The van der Waals surface area contributed by atoms with Crippen LogP contribution in [0.4, 0.5) is 11.4 Å². The third-order valence-corrected chi connectivity index (χ3v) is 8.31. The van der Waals surface area contributed by atoms with E-state index >= 15 is 0 Å². The molecule has 0 radical (unpaired) electrons. The molecule has 2 fully saturated rings. The lowest BCUT2D eigenvalue weighted by Gasteiger charge is -2.31.